The summed E-state index contributed by atoms with van der Waals surface area (Å²) in [5, 5.41) is 4.16. The molecule has 3 aromatic carbocycles. The monoisotopic (exact) mass is 406 g/mol. The molecule has 6 heteroatoms. The molecular weight excluding hydrogens is 386 g/mol. The highest BCUT2D eigenvalue weighted by atomic mass is 19.1. The summed E-state index contributed by atoms with van der Waals surface area (Å²) in [4.78, 5) is 20.1. The molecule has 4 nitrogen and oxygen atoms in total. The fraction of sp³-hybridized carbons (Fsp3) is 0.167. The van der Waals surface area contributed by atoms with Crippen LogP contribution in [0.5, 0.6) is 0 Å². The Labute approximate surface area is 173 Å². The van der Waals surface area contributed by atoms with E-state index < -0.39 is 17.5 Å². The third kappa shape index (κ3) is 4.54. The number of hydrogen-bond donors (Lipinski definition) is 0. The van der Waals surface area contributed by atoms with Crippen molar-refractivity contribution >= 4 is 11.6 Å². The molecule has 0 aromatic heterocycles. The third-order valence-corrected chi connectivity index (χ3v) is 4.92. The van der Waals surface area contributed by atoms with Crippen molar-refractivity contribution in [2.24, 2.45) is 5.16 Å². The van der Waals surface area contributed by atoms with Crippen LogP contribution in [0.4, 0.5) is 8.78 Å². The number of carbonyl (C=O) groups excluding carboxylic acids is 1. The van der Waals surface area contributed by atoms with Gasteiger partial charge in [0.05, 0.1) is 17.8 Å². The Morgan fingerprint density at radius 1 is 1.00 bits per heavy atom. The molecule has 0 saturated carbocycles. The summed E-state index contributed by atoms with van der Waals surface area (Å²) < 4.78 is 27.9. The van der Waals surface area contributed by atoms with Crippen LogP contribution in [0.25, 0.3) is 0 Å². The highest BCUT2D eigenvalue weighted by Gasteiger charge is 2.28. The number of rotatable bonds is 6. The van der Waals surface area contributed by atoms with Gasteiger partial charge in [0.1, 0.15) is 11.6 Å². The largest absolute Gasteiger partial charge is 0.390 e. The van der Waals surface area contributed by atoms with E-state index in [1.807, 2.05) is 30.3 Å². The lowest BCUT2D eigenvalue weighted by Gasteiger charge is -2.25. The normalized spacial score (nSPS) is 15.4. The van der Waals surface area contributed by atoms with Gasteiger partial charge >= 0.3 is 0 Å². The van der Waals surface area contributed by atoms with E-state index in [1.165, 1.54) is 35.2 Å². The number of halogens is 2. The van der Waals surface area contributed by atoms with E-state index in [0.717, 1.165) is 11.3 Å². The zero-order valence-electron chi connectivity index (χ0n) is 16.2. The summed E-state index contributed by atoms with van der Waals surface area (Å²) in [7, 11) is 0. The summed E-state index contributed by atoms with van der Waals surface area (Å²) in [6.45, 7) is 0.328. The fourth-order valence-electron chi connectivity index (χ4n) is 3.45. The molecule has 0 fully saturated rings. The first-order valence-electron chi connectivity index (χ1n) is 9.66. The smallest absolute Gasteiger partial charge is 0.257 e. The first kappa shape index (κ1) is 19.8. The van der Waals surface area contributed by atoms with Crippen LogP contribution in [0, 0.1) is 11.6 Å². The van der Waals surface area contributed by atoms with Crippen molar-refractivity contribution in [3.63, 3.8) is 0 Å². The van der Waals surface area contributed by atoms with E-state index in [-0.39, 0.29) is 24.8 Å². The third-order valence-electron chi connectivity index (χ3n) is 4.92. The van der Waals surface area contributed by atoms with Gasteiger partial charge in [-0.3, -0.25) is 4.79 Å². The van der Waals surface area contributed by atoms with Crippen LogP contribution in [-0.2, 0) is 11.4 Å². The molecule has 30 heavy (non-hydrogen) atoms. The van der Waals surface area contributed by atoms with Crippen molar-refractivity contribution in [3.05, 3.63) is 107 Å². The second-order valence-corrected chi connectivity index (χ2v) is 7.13. The van der Waals surface area contributed by atoms with Crippen LogP contribution in [-0.4, -0.2) is 29.2 Å². The van der Waals surface area contributed by atoms with Crippen molar-refractivity contribution in [3.8, 4) is 0 Å². The van der Waals surface area contributed by atoms with E-state index in [0.29, 0.717) is 12.0 Å². The molecule has 1 aliphatic heterocycles. The number of amides is 1. The van der Waals surface area contributed by atoms with Crippen molar-refractivity contribution in [1.82, 2.24) is 4.90 Å². The van der Waals surface area contributed by atoms with Crippen molar-refractivity contribution in [2.75, 3.05) is 6.54 Å². The second kappa shape index (κ2) is 8.86. The minimum Gasteiger partial charge on any atom is -0.390 e. The standard InChI is InChI=1S/C24H20F2N2O2/c25-19-10-6-7-17(13-19)15-28(24(29)21-11-4-5-12-22(21)26)16-20-14-23(27-30-20)18-8-2-1-3-9-18/h1-13,20H,14-16H2/t20-/m0/s1. The molecule has 0 bridgehead atoms. The van der Waals surface area contributed by atoms with Gasteiger partial charge in [-0.15, -0.1) is 0 Å². The number of benzene rings is 3. The maximum absolute atomic E-state index is 14.2. The van der Waals surface area contributed by atoms with Crippen molar-refractivity contribution in [1.29, 1.82) is 0 Å². The van der Waals surface area contributed by atoms with Gasteiger partial charge in [0.15, 0.2) is 6.10 Å². The van der Waals surface area contributed by atoms with E-state index in [9.17, 15) is 13.6 Å². The summed E-state index contributed by atoms with van der Waals surface area (Å²) in [5.41, 5.74) is 2.33. The Bertz CT molecular complexity index is 1070. The first-order chi connectivity index (χ1) is 14.6. The van der Waals surface area contributed by atoms with Crippen molar-refractivity contribution in [2.45, 2.75) is 19.1 Å². The predicted octanol–water partition coefficient (Wildman–Crippen LogP) is 4.80. The highest BCUT2D eigenvalue weighted by molar-refractivity contribution is 6.01. The van der Waals surface area contributed by atoms with Crippen LogP contribution in [0.15, 0.2) is 84.0 Å². The average molecular weight is 406 g/mol. The number of carbonyl (C=O) groups is 1. The zero-order valence-corrected chi connectivity index (χ0v) is 16.2. The average Bonchev–Trinajstić information content (AvgIpc) is 3.22. The van der Waals surface area contributed by atoms with Gasteiger partial charge in [-0.1, -0.05) is 59.8 Å². The lowest BCUT2D eigenvalue weighted by molar-refractivity contribution is 0.0402. The zero-order chi connectivity index (χ0) is 20.9. The Morgan fingerprint density at radius 3 is 2.53 bits per heavy atom. The summed E-state index contributed by atoms with van der Waals surface area (Å²) in [6.07, 6.45) is 0.151. The van der Waals surface area contributed by atoms with Gasteiger partial charge in [0, 0.05) is 13.0 Å². The predicted molar refractivity (Wildman–Crippen MR) is 110 cm³/mol. The van der Waals surface area contributed by atoms with Gasteiger partial charge in [-0.05, 0) is 35.4 Å². The topological polar surface area (TPSA) is 41.9 Å². The quantitative estimate of drug-likeness (QED) is 0.590. The van der Waals surface area contributed by atoms with Gasteiger partial charge in [-0.2, -0.15) is 0 Å². The molecule has 3 aromatic rings. The summed E-state index contributed by atoms with van der Waals surface area (Å²) >= 11 is 0. The minimum absolute atomic E-state index is 0.0314. The van der Waals surface area contributed by atoms with Gasteiger partial charge in [0.2, 0.25) is 0 Å². The molecule has 0 saturated heterocycles. The Balaban J connectivity index is 1.53. The van der Waals surface area contributed by atoms with Crippen LogP contribution >= 0.6 is 0 Å². The number of hydrogen-bond acceptors (Lipinski definition) is 3. The highest BCUT2D eigenvalue weighted by Crippen LogP contribution is 2.21. The molecule has 1 amide bonds. The molecule has 0 radical (unpaired) electrons. The molecule has 4 rings (SSSR count). The minimum atomic E-state index is -0.597. The van der Waals surface area contributed by atoms with Gasteiger partial charge < -0.3 is 9.74 Å². The molecule has 0 N–H and O–H groups in total. The van der Waals surface area contributed by atoms with Crippen LogP contribution in [0.3, 0.4) is 0 Å². The van der Waals surface area contributed by atoms with Crippen LogP contribution in [0.1, 0.15) is 27.9 Å². The molecule has 152 valence electrons. The molecule has 0 aliphatic carbocycles. The molecule has 1 heterocycles. The fourth-order valence-corrected chi connectivity index (χ4v) is 3.45. The SMILES string of the molecule is O=C(c1ccccc1F)N(Cc1cccc(F)c1)C[C@@H]1CC(c2ccccc2)=NO1. The van der Waals surface area contributed by atoms with Crippen LogP contribution in [0.2, 0.25) is 0 Å². The first-order valence-corrected chi connectivity index (χ1v) is 9.66. The van der Waals surface area contributed by atoms with Crippen molar-refractivity contribution < 1.29 is 18.4 Å². The molecule has 0 spiro atoms. The Morgan fingerprint density at radius 2 is 1.77 bits per heavy atom. The lowest BCUT2D eigenvalue weighted by atomic mass is 10.0. The molecular formula is C24H20F2N2O2. The number of oxime groups is 1. The molecule has 1 atom stereocenters. The molecule has 0 unspecified atom stereocenters. The van der Waals surface area contributed by atoms with E-state index in [1.54, 1.807) is 18.2 Å². The maximum atomic E-state index is 14.2. The van der Waals surface area contributed by atoms with Crippen LogP contribution < -0.4 is 0 Å². The Kier molecular flexibility index (Phi) is 5.84. The van der Waals surface area contributed by atoms with E-state index >= 15 is 0 Å². The molecule has 1 aliphatic rings. The van der Waals surface area contributed by atoms with E-state index in [4.69, 9.17) is 4.84 Å². The van der Waals surface area contributed by atoms with Gasteiger partial charge in [-0.25, -0.2) is 8.78 Å². The second-order valence-electron chi connectivity index (χ2n) is 7.13. The number of nitrogens with zero attached hydrogens (tertiary/aromatic N) is 2. The summed E-state index contributed by atoms with van der Waals surface area (Å²) in [6, 6.07) is 21.5. The van der Waals surface area contributed by atoms with E-state index in [2.05, 4.69) is 5.16 Å². The summed E-state index contributed by atoms with van der Waals surface area (Å²) in [5.74, 6) is -1.47. The van der Waals surface area contributed by atoms with Gasteiger partial charge in [0.25, 0.3) is 5.91 Å². The lowest BCUT2D eigenvalue weighted by Crippen LogP contribution is -2.37. The Hall–Kier alpha value is -3.54. The maximum Gasteiger partial charge on any atom is 0.257 e.